The SMILES string of the molecule is CCOC(=O)c1cnn2c(Cl)c(C3CCCCC3)c(C)nc12. The monoisotopic (exact) mass is 321 g/mol. The minimum atomic E-state index is -0.411. The number of hydrogen-bond acceptors (Lipinski definition) is 4. The number of hydrogen-bond donors (Lipinski definition) is 0. The maximum Gasteiger partial charge on any atom is 0.343 e. The summed E-state index contributed by atoms with van der Waals surface area (Å²) in [5, 5.41) is 4.81. The van der Waals surface area contributed by atoms with Gasteiger partial charge in [0.2, 0.25) is 0 Å². The van der Waals surface area contributed by atoms with Crippen molar-refractivity contribution in [3.8, 4) is 0 Å². The van der Waals surface area contributed by atoms with Crippen LogP contribution in [0.5, 0.6) is 0 Å². The second kappa shape index (κ2) is 6.24. The van der Waals surface area contributed by atoms with E-state index in [1.54, 1.807) is 11.4 Å². The summed E-state index contributed by atoms with van der Waals surface area (Å²) in [4.78, 5) is 16.6. The zero-order valence-corrected chi connectivity index (χ0v) is 13.7. The van der Waals surface area contributed by atoms with Crippen LogP contribution in [0.3, 0.4) is 0 Å². The van der Waals surface area contributed by atoms with E-state index in [9.17, 15) is 4.79 Å². The molecule has 0 aromatic carbocycles. The fourth-order valence-corrected chi connectivity index (χ4v) is 3.70. The van der Waals surface area contributed by atoms with Crippen molar-refractivity contribution >= 4 is 23.2 Å². The van der Waals surface area contributed by atoms with Crippen molar-refractivity contribution in [2.24, 2.45) is 0 Å². The normalized spacial score (nSPS) is 16.1. The summed E-state index contributed by atoms with van der Waals surface area (Å²) in [7, 11) is 0. The van der Waals surface area contributed by atoms with E-state index in [0.29, 0.717) is 28.9 Å². The largest absolute Gasteiger partial charge is 0.462 e. The van der Waals surface area contributed by atoms with Crippen LogP contribution in [-0.2, 0) is 4.74 Å². The molecule has 0 unspecified atom stereocenters. The Morgan fingerprint density at radius 1 is 1.41 bits per heavy atom. The number of nitrogens with zero attached hydrogens (tertiary/aromatic N) is 3. The third kappa shape index (κ3) is 2.58. The van der Waals surface area contributed by atoms with Gasteiger partial charge in [-0.25, -0.2) is 14.3 Å². The van der Waals surface area contributed by atoms with Crippen LogP contribution >= 0.6 is 11.6 Å². The molecule has 2 heterocycles. The van der Waals surface area contributed by atoms with Crippen molar-refractivity contribution in [3.63, 3.8) is 0 Å². The number of aromatic nitrogens is 3. The van der Waals surface area contributed by atoms with E-state index in [0.717, 1.165) is 24.1 Å². The first-order valence-corrected chi connectivity index (χ1v) is 8.22. The lowest BCUT2D eigenvalue weighted by molar-refractivity contribution is 0.0528. The zero-order valence-electron chi connectivity index (χ0n) is 12.9. The van der Waals surface area contributed by atoms with Gasteiger partial charge in [0.15, 0.2) is 5.65 Å². The molecule has 1 aliphatic rings. The minimum Gasteiger partial charge on any atom is -0.462 e. The van der Waals surface area contributed by atoms with Crippen LogP contribution in [0, 0.1) is 6.92 Å². The van der Waals surface area contributed by atoms with Gasteiger partial charge in [0.25, 0.3) is 0 Å². The lowest BCUT2D eigenvalue weighted by atomic mass is 9.84. The van der Waals surface area contributed by atoms with Crippen LogP contribution in [-0.4, -0.2) is 27.2 Å². The predicted octanol–water partition coefficient (Wildman–Crippen LogP) is 3.92. The van der Waals surface area contributed by atoms with Crippen LogP contribution in [0.15, 0.2) is 6.20 Å². The summed E-state index contributed by atoms with van der Waals surface area (Å²) in [6, 6.07) is 0. The summed E-state index contributed by atoms with van der Waals surface area (Å²) in [5.41, 5.74) is 2.80. The number of rotatable bonds is 3. The molecule has 1 aliphatic carbocycles. The number of fused-ring (bicyclic) bond motifs is 1. The molecule has 2 aromatic heterocycles. The molecule has 2 aromatic rings. The molecule has 0 bridgehead atoms. The summed E-state index contributed by atoms with van der Waals surface area (Å²) >= 11 is 6.58. The fraction of sp³-hybridized carbons (Fsp3) is 0.562. The van der Waals surface area contributed by atoms with Crippen molar-refractivity contribution in [2.45, 2.75) is 51.9 Å². The van der Waals surface area contributed by atoms with Crippen molar-refractivity contribution in [3.05, 3.63) is 28.2 Å². The summed E-state index contributed by atoms with van der Waals surface area (Å²) in [6.45, 7) is 4.05. The Bertz CT molecular complexity index is 705. The number of esters is 1. The number of aryl methyl sites for hydroxylation is 1. The van der Waals surface area contributed by atoms with Crippen molar-refractivity contribution in [1.29, 1.82) is 0 Å². The number of halogens is 1. The molecule has 1 fully saturated rings. The van der Waals surface area contributed by atoms with Crippen LogP contribution in [0.1, 0.15) is 66.6 Å². The lowest BCUT2D eigenvalue weighted by Crippen LogP contribution is -2.12. The Labute approximate surface area is 134 Å². The maximum absolute atomic E-state index is 12.0. The topological polar surface area (TPSA) is 56.5 Å². The molecule has 3 rings (SSSR count). The molecular weight excluding hydrogens is 302 g/mol. The van der Waals surface area contributed by atoms with Gasteiger partial charge in [-0.05, 0) is 32.6 Å². The Kier molecular flexibility index (Phi) is 4.34. The van der Waals surface area contributed by atoms with Gasteiger partial charge in [-0.3, -0.25) is 0 Å². The average molecular weight is 322 g/mol. The molecule has 0 spiro atoms. The van der Waals surface area contributed by atoms with Crippen LogP contribution in [0.25, 0.3) is 5.65 Å². The van der Waals surface area contributed by atoms with Crippen LogP contribution in [0.2, 0.25) is 5.15 Å². The first-order valence-electron chi connectivity index (χ1n) is 7.84. The number of carbonyl (C=O) groups is 1. The molecule has 22 heavy (non-hydrogen) atoms. The summed E-state index contributed by atoms with van der Waals surface area (Å²) in [6.07, 6.45) is 7.50. The third-order valence-corrected chi connectivity index (χ3v) is 4.69. The molecule has 0 amide bonds. The molecule has 1 saturated carbocycles. The Hall–Kier alpha value is -1.62. The zero-order chi connectivity index (χ0) is 15.7. The van der Waals surface area contributed by atoms with Crippen LogP contribution in [0.4, 0.5) is 0 Å². The Morgan fingerprint density at radius 2 is 2.14 bits per heavy atom. The highest BCUT2D eigenvalue weighted by atomic mass is 35.5. The quantitative estimate of drug-likeness (QED) is 0.635. The summed E-state index contributed by atoms with van der Waals surface area (Å²) in [5.74, 6) is 0.0271. The van der Waals surface area contributed by atoms with E-state index >= 15 is 0 Å². The molecule has 0 N–H and O–H groups in total. The van der Waals surface area contributed by atoms with Gasteiger partial charge >= 0.3 is 5.97 Å². The smallest absolute Gasteiger partial charge is 0.343 e. The molecule has 5 nitrogen and oxygen atoms in total. The summed E-state index contributed by atoms with van der Waals surface area (Å²) < 4.78 is 6.61. The molecule has 0 aliphatic heterocycles. The van der Waals surface area contributed by atoms with Gasteiger partial charge in [-0.1, -0.05) is 30.9 Å². The Balaban J connectivity index is 2.08. The first kappa shape index (κ1) is 15.3. The van der Waals surface area contributed by atoms with E-state index in [2.05, 4.69) is 10.1 Å². The van der Waals surface area contributed by atoms with Crippen LogP contribution < -0.4 is 0 Å². The average Bonchev–Trinajstić information content (AvgIpc) is 2.92. The van der Waals surface area contributed by atoms with Crippen molar-refractivity contribution in [2.75, 3.05) is 6.61 Å². The van der Waals surface area contributed by atoms with E-state index < -0.39 is 5.97 Å². The van der Waals surface area contributed by atoms with E-state index in [4.69, 9.17) is 16.3 Å². The van der Waals surface area contributed by atoms with E-state index in [1.165, 1.54) is 25.5 Å². The molecule has 0 radical (unpaired) electrons. The van der Waals surface area contributed by atoms with Gasteiger partial charge in [-0.2, -0.15) is 5.10 Å². The molecule has 118 valence electrons. The standard InChI is InChI=1S/C16H20ClN3O2/c1-3-22-16(21)12-9-18-20-14(17)13(10(2)19-15(12)20)11-7-5-4-6-8-11/h9,11H,3-8H2,1-2H3. The van der Waals surface area contributed by atoms with Crippen molar-refractivity contribution in [1.82, 2.24) is 14.6 Å². The molecule has 6 heteroatoms. The predicted molar refractivity (Wildman–Crippen MR) is 84.5 cm³/mol. The van der Waals surface area contributed by atoms with E-state index in [-0.39, 0.29) is 0 Å². The second-order valence-corrected chi connectivity index (χ2v) is 6.11. The highest BCUT2D eigenvalue weighted by molar-refractivity contribution is 6.30. The van der Waals surface area contributed by atoms with Gasteiger partial charge in [-0.15, -0.1) is 0 Å². The highest BCUT2D eigenvalue weighted by Gasteiger charge is 2.25. The highest BCUT2D eigenvalue weighted by Crippen LogP contribution is 2.38. The molecular formula is C16H20ClN3O2. The minimum absolute atomic E-state index is 0.322. The van der Waals surface area contributed by atoms with Gasteiger partial charge in [0, 0.05) is 11.3 Å². The lowest BCUT2D eigenvalue weighted by Gasteiger charge is -2.24. The molecule has 0 atom stereocenters. The van der Waals surface area contributed by atoms with Gasteiger partial charge in [0.05, 0.1) is 12.8 Å². The van der Waals surface area contributed by atoms with Gasteiger partial charge in [0.1, 0.15) is 10.7 Å². The Morgan fingerprint density at radius 3 is 2.82 bits per heavy atom. The number of carbonyl (C=O) groups excluding carboxylic acids is 1. The first-order chi connectivity index (χ1) is 10.6. The van der Waals surface area contributed by atoms with Crippen molar-refractivity contribution < 1.29 is 9.53 Å². The number of ether oxygens (including phenoxy) is 1. The maximum atomic E-state index is 12.0. The fourth-order valence-electron chi connectivity index (χ4n) is 3.28. The second-order valence-electron chi connectivity index (χ2n) is 5.75. The van der Waals surface area contributed by atoms with E-state index in [1.807, 2.05) is 6.92 Å². The third-order valence-electron chi connectivity index (χ3n) is 4.32. The van der Waals surface area contributed by atoms with Gasteiger partial charge < -0.3 is 4.74 Å². The molecule has 0 saturated heterocycles.